The number of piperidine rings is 2. The van der Waals surface area contributed by atoms with Gasteiger partial charge in [-0.1, -0.05) is 0 Å². The number of aryl methyl sites for hydroxylation is 2. The van der Waals surface area contributed by atoms with Gasteiger partial charge in [0.2, 0.25) is 5.91 Å². The second kappa shape index (κ2) is 8.30. The van der Waals surface area contributed by atoms with Gasteiger partial charge < -0.3 is 9.80 Å². The minimum absolute atomic E-state index is 0.207. The van der Waals surface area contributed by atoms with Crippen LogP contribution >= 0.6 is 0 Å². The predicted molar refractivity (Wildman–Crippen MR) is 102 cm³/mol. The van der Waals surface area contributed by atoms with Crippen molar-refractivity contribution < 1.29 is 4.79 Å². The van der Waals surface area contributed by atoms with Crippen molar-refractivity contribution in [1.29, 1.82) is 0 Å². The molecule has 2 aliphatic rings. The number of hydrogen-bond acceptors (Lipinski definition) is 7. The number of tetrazole rings is 1. The number of nitrogens with zero attached hydrogens (tertiary/aromatic N) is 8. The Hall–Kier alpha value is -2.42. The Balaban J connectivity index is 1.34. The second-order valence-corrected chi connectivity index (χ2v) is 8.21. The number of likely N-dealkylation sites (tertiary alicyclic amines) is 2. The van der Waals surface area contributed by atoms with Crippen molar-refractivity contribution in [3.63, 3.8) is 0 Å². The quantitative estimate of drug-likeness (QED) is 0.735. The zero-order valence-corrected chi connectivity index (χ0v) is 16.5. The summed E-state index contributed by atoms with van der Waals surface area (Å²) in [7, 11) is 0. The fraction of sp³-hybridized carbons (Fsp3) is 0.684. The second-order valence-electron chi connectivity index (χ2n) is 8.21. The van der Waals surface area contributed by atoms with E-state index in [1.54, 1.807) is 23.4 Å². The van der Waals surface area contributed by atoms with Gasteiger partial charge in [-0.2, -0.15) is 0 Å². The minimum Gasteiger partial charge on any atom is -0.336 e. The van der Waals surface area contributed by atoms with E-state index in [9.17, 15) is 4.79 Å². The molecule has 9 nitrogen and oxygen atoms in total. The molecule has 0 bridgehead atoms. The van der Waals surface area contributed by atoms with E-state index >= 15 is 0 Å². The van der Waals surface area contributed by atoms with Crippen LogP contribution in [0.3, 0.4) is 0 Å². The highest BCUT2D eigenvalue weighted by Gasteiger charge is 2.41. The Morgan fingerprint density at radius 1 is 1.14 bits per heavy atom. The Morgan fingerprint density at radius 2 is 2.07 bits per heavy atom. The SMILES string of the molecule is Cc1cnc(CN2C[C@@]3(CCCN(CCCn4cnnn4)C3)CCC2=O)cn1. The van der Waals surface area contributed by atoms with E-state index in [4.69, 9.17) is 0 Å². The normalized spacial score (nSPS) is 23.5. The summed E-state index contributed by atoms with van der Waals surface area (Å²) in [6, 6.07) is 0. The molecule has 2 aromatic heterocycles. The molecule has 0 aliphatic carbocycles. The summed E-state index contributed by atoms with van der Waals surface area (Å²) in [5.74, 6) is 0.240. The molecule has 0 saturated carbocycles. The lowest BCUT2D eigenvalue weighted by molar-refractivity contribution is -0.140. The van der Waals surface area contributed by atoms with Crippen molar-refractivity contribution in [3.8, 4) is 0 Å². The van der Waals surface area contributed by atoms with Gasteiger partial charge in [0.15, 0.2) is 0 Å². The van der Waals surface area contributed by atoms with Crippen LogP contribution in [0.4, 0.5) is 0 Å². The number of aromatic nitrogens is 6. The van der Waals surface area contributed by atoms with E-state index in [1.807, 2.05) is 11.8 Å². The average Bonchev–Trinajstić information content (AvgIpc) is 3.21. The van der Waals surface area contributed by atoms with E-state index in [1.165, 1.54) is 12.8 Å². The summed E-state index contributed by atoms with van der Waals surface area (Å²) < 4.78 is 1.78. The molecule has 2 aromatic rings. The summed E-state index contributed by atoms with van der Waals surface area (Å²) in [4.78, 5) is 25.8. The topological polar surface area (TPSA) is 92.9 Å². The first-order valence-corrected chi connectivity index (χ1v) is 10.1. The molecule has 2 saturated heterocycles. The van der Waals surface area contributed by atoms with Crippen molar-refractivity contribution in [3.05, 3.63) is 30.1 Å². The molecule has 0 unspecified atom stereocenters. The Labute approximate surface area is 165 Å². The molecule has 1 atom stereocenters. The highest BCUT2D eigenvalue weighted by Crippen LogP contribution is 2.39. The molecule has 9 heteroatoms. The van der Waals surface area contributed by atoms with E-state index in [0.717, 1.165) is 57.0 Å². The predicted octanol–water partition coefficient (Wildman–Crippen LogP) is 1.07. The number of carbonyl (C=O) groups excluding carboxylic acids is 1. The standard InChI is InChI=1S/C19H28N8O/c1-16-10-21-17(11-20-16)12-26-14-19(6-4-18(26)28)5-2-7-25(13-19)8-3-9-27-15-22-23-24-27/h10-11,15H,2-9,12-14H2,1H3/t19-/m0/s1. The van der Waals surface area contributed by atoms with Gasteiger partial charge in [-0.05, 0) is 56.1 Å². The van der Waals surface area contributed by atoms with E-state index in [2.05, 4.69) is 30.4 Å². The maximum absolute atomic E-state index is 12.5. The van der Waals surface area contributed by atoms with Crippen LogP contribution in [-0.2, 0) is 17.9 Å². The lowest BCUT2D eigenvalue weighted by Crippen LogP contribution is -2.53. The van der Waals surface area contributed by atoms with Gasteiger partial charge in [0.05, 0.1) is 24.1 Å². The smallest absolute Gasteiger partial charge is 0.222 e. The molecule has 0 N–H and O–H groups in total. The van der Waals surface area contributed by atoms with Crippen molar-refractivity contribution >= 4 is 5.91 Å². The summed E-state index contributed by atoms with van der Waals surface area (Å²) >= 11 is 0. The molecule has 28 heavy (non-hydrogen) atoms. The highest BCUT2D eigenvalue weighted by atomic mass is 16.2. The molecule has 0 aromatic carbocycles. The van der Waals surface area contributed by atoms with Crippen molar-refractivity contribution in [2.24, 2.45) is 5.41 Å². The first kappa shape index (κ1) is 18.9. The molecule has 4 heterocycles. The van der Waals surface area contributed by atoms with Crippen LogP contribution in [0.2, 0.25) is 0 Å². The van der Waals surface area contributed by atoms with Gasteiger partial charge in [0, 0.05) is 37.7 Å². The molecule has 1 amide bonds. The third-order valence-corrected chi connectivity index (χ3v) is 5.93. The van der Waals surface area contributed by atoms with Gasteiger partial charge in [-0.3, -0.25) is 14.8 Å². The zero-order chi connectivity index (χ0) is 19.4. The Kier molecular flexibility index (Phi) is 5.61. The van der Waals surface area contributed by atoms with E-state index in [0.29, 0.717) is 13.0 Å². The monoisotopic (exact) mass is 384 g/mol. The van der Waals surface area contributed by atoms with Crippen LogP contribution in [-0.4, -0.2) is 72.1 Å². The van der Waals surface area contributed by atoms with Crippen LogP contribution < -0.4 is 0 Å². The average molecular weight is 384 g/mol. The summed E-state index contributed by atoms with van der Waals surface area (Å²) in [6.07, 6.45) is 10.3. The maximum Gasteiger partial charge on any atom is 0.222 e. The molecule has 2 aliphatic heterocycles. The third kappa shape index (κ3) is 4.52. The largest absolute Gasteiger partial charge is 0.336 e. The van der Waals surface area contributed by atoms with Gasteiger partial charge >= 0.3 is 0 Å². The fourth-order valence-electron chi connectivity index (χ4n) is 4.52. The van der Waals surface area contributed by atoms with E-state index in [-0.39, 0.29) is 11.3 Å². The van der Waals surface area contributed by atoms with Crippen LogP contribution in [0.5, 0.6) is 0 Å². The zero-order valence-electron chi connectivity index (χ0n) is 16.5. The lowest BCUT2D eigenvalue weighted by Gasteiger charge is -2.48. The molecule has 150 valence electrons. The van der Waals surface area contributed by atoms with E-state index < -0.39 is 0 Å². The Bertz CT molecular complexity index is 778. The highest BCUT2D eigenvalue weighted by molar-refractivity contribution is 5.77. The van der Waals surface area contributed by atoms with Crippen LogP contribution in [0.15, 0.2) is 18.7 Å². The third-order valence-electron chi connectivity index (χ3n) is 5.93. The number of rotatable bonds is 6. The van der Waals surface area contributed by atoms with Gasteiger partial charge in [0.25, 0.3) is 0 Å². The molecule has 4 rings (SSSR count). The summed E-state index contributed by atoms with van der Waals surface area (Å²) in [5.41, 5.74) is 1.97. The molecular formula is C19H28N8O. The minimum atomic E-state index is 0.207. The molecule has 0 radical (unpaired) electrons. The van der Waals surface area contributed by atoms with Crippen LogP contribution in [0.25, 0.3) is 0 Å². The summed E-state index contributed by atoms with van der Waals surface area (Å²) in [5, 5.41) is 11.3. The van der Waals surface area contributed by atoms with Crippen LogP contribution in [0.1, 0.15) is 43.5 Å². The molecule has 1 spiro atoms. The number of hydrogen-bond donors (Lipinski definition) is 0. The lowest BCUT2D eigenvalue weighted by atomic mass is 9.73. The summed E-state index contributed by atoms with van der Waals surface area (Å²) in [6.45, 7) is 7.39. The fourth-order valence-corrected chi connectivity index (χ4v) is 4.52. The molecule has 2 fully saturated rings. The Morgan fingerprint density at radius 3 is 2.86 bits per heavy atom. The first-order chi connectivity index (χ1) is 13.6. The van der Waals surface area contributed by atoms with Crippen molar-refractivity contribution in [2.75, 3.05) is 26.2 Å². The maximum atomic E-state index is 12.5. The van der Waals surface area contributed by atoms with Gasteiger partial charge in [0.1, 0.15) is 6.33 Å². The molecular weight excluding hydrogens is 356 g/mol. The number of amides is 1. The van der Waals surface area contributed by atoms with Crippen molar-refractivity contribution in [1.82, 2.24) is 40.0 Å². The first-order valence-electron chi connectivity index (χ1n) is 10.1. The van der Waals surface area contributed by atoms with Crippen molar-refractivity contribution in [2.45, 2.75) is 52.1 Å². The van der Waals surface area contributed by atoms with Crippen LogP contribution in [0, 0.1) is 12.3 Å². The van der Waals surface area contributed by atoms with Gasteiger partial charge in [-0.25, -0.2) is 4.68 Å². The van der Waals surface area contributed by atoms with Gasteiger partial charge in [-0.15, -0.1) is 5.10 Å². The number of carbonyl (C=O) groups is 1.